The number of aromatic amines is 1. The van der Waals surface area contributed by atoms with Crippen molar-refractivity contribution in [2.24, 2.45) is 0 Å². The molecule has 1 unspecified atom stereocenters. The van der Waals surface area contributed by atoms with Crippen molar-refractivity contribution >= 4 is 24.4 Å². The molecule has 4 heterocycles. The van der Waals surface area contributed by atoms with Crippen LogP contribution in [0.4, 0.5) is 13.2 Å². The van der Waals surface area contributed by atoms with Crippen molar-refractivity contribution < 1.29 is 32.0 Å². The molecule has 0 radical (unpaired) electrons. The van der Waals surface area contributed by atoms with Crippen LogP contribution >= 0.6 is 7.82 Å². The Bertz CT molecular complexity index is 1940. The standard InChI is InChI=1S/C23H19F3N7O6P/c24-23(25,26)10-33-19-5-12(1-2-13(19)8-28-33)14-6-15(14)16-7-18(30-32-4-3-27-20(16)32)17-9-31(11-39-40(36,37)38)22(35)29-21(17)34/h1-5,7-9,14-15H,6,10-11H2,(H,29,34,35)(H2,36,37,38)/t14-,15?/m0/s1. The second-order valence-corrected chi connectivity index (χ2v) is 10.6. The normalized spacial score (nSPS) is 17.6. The summed E-state index contributed by atoms with van der Waals surface area (Å²) in [6.07, 6.45) is 1.82. The Kier molecular flexibility index (Phi) is 6.03. The summed E-state index contributed by atoms with van der Waals surface area (Å²) < 4.78 is 57.6. The zero-order valence-corrected chi connectivity index (χ0v) is 21.1. The first-order chi connectivity index (χ1) is 18.9. The molecule has 4 aromatic heterocycles. The summed E-state index contributed by atoms with van der Waals surface area (Å²) in [7, 11) is -4.89. The molecule has 1 aliphatic rings. The van der Waals surface area contributed by atoms with Crippen molar-refractivity contribution in [1.82, 2.24) is 33.9 Å². The minimum Gasteiger partial charge on any atom is -0.303 e. The van der Waals surface area contributed by atoms with Gasteiger partial charge >= 0.3 is 19.7 Å². The van der Waals surface area contributed by atoms with Crippen LogP contribution in [0.1, 0.15) is 29.4 Å². The van der Waals surface area contributed by atoms with Gasteiger partial charge in [-0.1, -0.05) is 12.1 Å². The maximum absolute atomic E-state index is 13.0. The first kappa shape index (κ1) is 26.1. The van der Waals surface area contributed by atoms with Crippen molar-refractivity contribution in [2.45, 2.75) is 37.7 Å². The molecule has 6 rings (SSSR count). The lowest BCUT2D eigenvalue weighted by molar-refractivity contribution is -0.141. The molecule has 0 spiro atoms. The molecule has 40 heavy (non-hydrogen) atoms. The number of alkyl halides is 3. The van der Waals surface area contributed by atoms with Crippen LogP contribution in [0.3, 0.4) is 0 Å². The number of rotatable bonds is 7. The average Bonchev–Trinajstić information content (AvgIpc) is 3.35. The first-order valence-corrected chi connectivity index (χ1v) is 13.3. The van der Waals surface area contributed by atoms with Crippen LogP contribution in [-0.2, 0) is 22.4 Å². The van der Waals surface area contributed by atoms with Gasteiger partial charge in [0.05, 0.1) is 23.0 Å². The average molecular weight is 577 g/mol. The molecule has 17 heteroatoms. The highest BCUT2D eigenvalue weighted by Gasteiger charge is 2.42. The summed E-state index contributed by atoms with van der Waals surface area (Å²) in [4.78, 5) is 49.2. The molecule has 2 atom stereocenters. The van der Waals surface area contributed by atoms with Gasteiger partial charge in [0, 0.05) is 29.5 Å². The molecule has 0 bridgehead atoms. The predicted octanol–water partition coefficient (Wildman–Crippen LogP) is 2.50. The van der Waals surface area contributed by atoms with E-state index in [1.54, 1.807) is 24.4 Å². The van der Waals surface area contributed by atoms with Crippen molar-refractivity contribution in [1.29, 1.82) is 0 Å². The van der Waals surface area contributed by atoms with Gasteiger partial charge in [-0.25, -0.2) is 18.9 Å². The molecular weight excluding hydrogens is 558 g/mol. The summed E-state index contributed by atoms with van der Waals surface area (Å²) in [6.45, 7) is -2.02. The van der Waals surface area contributed by atoms with E-state index >= 15 is 0 Å². The molecule has 208 valence electrons. The van der Waals surface area contributed by atoms with E-state index in [0.717, 1.165) is 26.6 Å². The van der Waals surface area contributed by atoms with E-state index in [0.29, 0.717) is 23.0 Å². The first-order valence-electron chi connectivity index (χ1n) is 11.8. The summed E-state index contributed by atoms with van der Waals surface area (Å²) in [5, 5.41) is 8.86. The molecule has 1 aliphatic carbocycles. The molecule has 1 saturated carbocycles. The topological polar surface area (TPSA) is 170 Å². The van der Waals surface area contributed by atoms with E-state index in [9.17, 15) is 27.3 Å². The minimum atomic E-state index is -4.89. The number of nitrogens with one attached hydrogen (secondary N) is 1. The summed E-state index contributed by atoms with van der Waals surface area (Å²) in [5.41, 5.74) is 0.844. The van der Waals surface area contributed by atoms with Crippen molar-refractivity contribution in [2.75, 3.05) is 0 Å². The van der Waals surface area contributed by atoms with Gasteiger partial charge in [0.25, 0.3) is 5.56 Å². The number of hydrogen-bond acceptors (Lipinski definition) is 7. The van der Waals surface area contributed by atoms with Gasteiger partial charge in [-0.05, 0) is 36.0 Å². The second kappa shape index (κ2) is 9.23. The number of halogens is 3. The fourth-order valence-electron chi connectivity index (χ4n) is 4.79. The third-order valence-electron chi connectivity index (χ3n) is 6.66. The minimum absolute atomic E-state index is 0.0433. The smallest absolute Gasteiger partial charge is 0.303 e. The van der Waals surface area contributed by atoms with Gasteiger partial charge in [-0.2, -0.15) is 23.4 Å². The highest BCUT2D eigenvalue weighted by molar-refractivity contribution is 7.46. The van der Waals surface area contributed by atoms with Crippen LogP contribution in [0, 0.1) is 0 Å². The van der Waals surface area contributed by atoms with Crippen molar-refractivity contribution in [3.63, 3.8) is 0 Å². The third kappa shape index (κ3) is 5.09. The van der Waals surface area contributed by atoms with Gasteiger partial charge in [0.2, 0.25) is 0 Å². The summed E-state index contributed by atoms with van der Waals surface area (Å²) >= 11 is 0. The van der Waals surface area contributed by atoms with E-state index in [-0.39, 0.29) is 23.1 Å². The summed E-state index contributed by atoms with van der Waals surface area (Å²) in [6, 6.07) is 6.92. The largest absolute Gasteiger partial charge is 0.471 e. The fraction of sp³-hybridized carbons (Fsp3) is 0.261. The Morgan fingerprint density at radius 1 is 1.18 bits per heavy atom. The van der Waals surface area contributed by atoms with E-state index in [1.165, 1.54) is 16.9 Å². The number of imidazole rings is 1. The molecule has 3 N–H and O–H groups in total. The van der Waals surface area contributed by atoms with Gasteiger partial charge in [0.1, 0.15) is 13.3 Å². The molecule has 0 saturated heterocycles. The number of hydrogen-bond donors (Lipinski definition) is 3. The molecule has 0 amide bonds. The van der Waals surface area contributed by atoms with Crippen LogP contribution in [0.15, 0.2) is 58.6 Å². The number of phosphoric acid groups is 1. The monoisotopic (exact) mass is 577 g/mol. The number of benzene rings is 1. The maximum Gasteiger partial charge on any atom is 0.471 e. The summed E-state index contributed by atoms with van der Waals surface area (Å²) in [5.74, 6) is -0.135. The number of H-pyrrole nitrogens is 1. The zero-order valence-electron chi connectivity index (χ0n) is 20.2. The highest BCUT2D eigenvalue weighted by atomic mass is 31.2. The zero-order chi connectivity index (χ0) is 28.4. The number of aromatic nitrogens is 7. The van der Waals surface area contributed by atoms with Crippen LogP contribution in [-0.4, -0.2) is 49.9 Å². The van der Waals surface area contributed by atoms with E-state index < -0.39 is 38.5 Å². The molecule has 13 nitrogen and oxygen atoms in total. The highest BCUT2D eigenvalue weighted by Crippen LogP contribution is 2.56. The SMILES string of the molecule is O=c1[nH]c(=O)n(COP(=O)(O)O)cc1-c1cc(C2C[C@H]2c2ccc3cnn(CC(F)(F)F)c3c2)c2nccn2n1. The maximum atomic E-state index is 13.0. The van der Waals surface area contributed by atoms with E-state index in [1.807, 2.05) is 6.07 Å². The van der Waals surface area contributed by atoms with E-state index in [4.69, 9.17) is 9.79 Å². The third-order valence-corrected chi connectivity index (χ3v) is 7.11. The van der Waals surface area contributed by atoms with Crippen LogP contribution in [0.5, 0.6) is 0 Å². The lowest BCUT2D eigenvalue weighted by atomic mass is 10.0. The molecule has 0 aliphatic heterocycles. The Morgan fingerprint density at radius 3 is 2.73 bits per heavy atom. The number of phosphoric ester groups is 1. The van der Waals surface area contributed by atoms with Crippen LogP contribution in [0.25, 0.3) is 27.8 Å². The number of nitrogens with zero attached hydrogens (tertiary/aromatic N) is 6. The van der Waals surface area contributed by atoms with Gasteiger partial charge in [-0.3, -0.25) is 23.6 Å². The molecule has 1 aromatic carbocycles. The number of fused-ring (bicyclic) bond motifs is 2. The predicted molar refractivity (Wildman–Crippen MR) is 132 cm³/mol. The fourth-order valence-corrected chi connectivity index (χ4v) is 5.07. The van der Waals surface area contributed by atoms with Crippen LogP contribution in [0.2, 0.25) is 0 Å². The lowest BCUT2D eigenvalue weighted by Gasteiger charge is -2.11. The molecular formula is C23H19F3N7O6P. The van der Waals surface area contributed by atoms with Gasteiger partial charge < -0.3 is 9.79 Å². The van der Waals surface area contributed by atoms with E-state index in [2.05, 4.69) is 24.7 Å². The van der Waals surface area contributed by atoms with Crippen molar-refractivity contribution in [3.05, 3.63) is 81.0 Å². The Labute approximate surface area is 220 Å². The van der Waals surface area contributed by atoms with Crippen LogP contribution < -0.4 is 11.2 Å². The quantitative estimate of drug-likeness (QED) is 0.246. The lowest BCUT2D eigenvalue weighted by Crippen LogP contribution is -2.31. The van der Waals surface area contributed by atoms with Gasteiger partial charge in [0.15, 0.2) is 5.65 Å². The van der Waals surface area contributed by atoms with Crippen molar-refractivity contribution in [3.8, 4) is 11.3 Å². The Hall–Kier alpha value is -4.11. The Morgan fingerprint density at radius 2 is 1.98 bits per heavy atom. The second-order valence-electron chi connectivity index (χ2n) is 9.39. The Balaban J connectivity index is 1.36. The molecule has 5 aromatic rings. The van der Waals surface area contributed by atoms with Gasteiger partial charge in [-0.15, -0.1) is 0 Å². The molecule has 1 fully saturated rings.